The van der Waals surface area contributed by atoms with Crippen molar-refractivity contribution in [3.63, 3.8) is 0 Å². The summed E-state index contributed by atoms with van der Waals surface area (Å²) >= 11 is 0. The van der Waals surface area contributed by atoms with Gasteiger partial charge in [-0.2, -0.15) is 0 Å². The van der Waals surface area contributed by atoms with Crippen molar-refractivity contribution in [2.75, 3.05) is 11.9 Å². The van der Waals surface area contributed by atoms with Crippen LogP contribution in [0.5, 0.6) is 0 Å². The van der Waals surface area contributed by atoms with Crippen molar-refractivity contribution in [3.05, 3.63) is 63.4 Å². The van der Waals surface area contributed by atoms with Crippen molar-refractivity contribution in [3.8, 4) is 0 Å². The lowest BCUT2D eigenvalue weighted by Gasteiger charge is -2.16. The van der Waals surface area contributed by atoms with E-state index in [2.05, 4.69) is 5.32 Å². The second-order valence-electron chi connectivity index (χ2n) is 6.12. The van der Waals surface area contributed by atoms with Crippen LogP contribution in [0.15, 0.2) is 40.8 Å². The normalized spacial score (nSPS) is 11.0. The van der Waals surface area contributed by atoms with E-state index in [1.54, 1.807) is 0 Å². The highest BCUT2D eigenvalue weighted by atomic mass is 16.6. The number of hydrogen-bond donors (Lipinski definition) is 1. The van der Waals surface area contributed by atoms with Crippen molar-refractivity contribution in [2.45, 2.75) is 26.7 Å². The highest BCUT2D eigenvalue weighted by molar-refractivity contribution is 5.95. The molecule has 2 aromatic rings. The van der Waals surface area contributed by atoms with Gasteiger partial charge in [-0.3, -0.25) is 14.9 Å². The summed E-state index contributed by atoms with van der Waals surface area (Å²) in [7, 11) is 0. The van der Waals surface area contributed by atoms with Gasteiger partial charge in [-0.15, -0.1) is 0 Å². The molecule has 0 fully saturated rings. The third-order valence-electron chi connectivity index (χ3n) is 3.71. The summed E-state index contributed by atoms with van der Waals surface area (Å²) in [6.07, 6.45) is 2.26. The van der Waals surface area contributed by atoms with Crippen molar-refractivity contribution in [2.24, 2.45) is 0 Å². The maximum atomic E-state index is 12.1. The average molecular weight is 372 g/mol. The number of anilines is 1. The minimum absolute atomic E-state index is 0.129. The number of ether oxygens (including phenoxy) is 1. The summed E-state index contributed by atoms with van der Waals surface area (Å²) in [4.78, 5) is 33.6. The van der Waals surface area contributed by atoms with Crippen molar-refractivity contribution in [1.82, 2.24) is 0 Å². The van der Waals surface area contributed by atoms with E-state index < -0.39 is 29.3 Å². The maximum Gasteiger partial charge on any atom is 0.433 e. The van der Waals surface area contributed by atoms with E-state index in [9.17, 15) is 19.7 Å². The fourth-order valence-electron chi connectivity index (χ4n) is 2.38. The van der Waals surface area contributed by atoms with Crippen LogP contribution in [0, 0.1) is 17.0 Å². The zero-order chi connectivity index (χ0) is 20.0. The van der Waals surface area contributed by atoms with Gasteiger partial charge in [0.1, 0.15) is 10.7 Å². The molecule has 0 spiro atoms. The summed E-state index contributed by atoms with van der Waals surface area (Å²) in [6.45, 7) is 5.48. The lowest BCUT2D eigenvalue weighted by atomic mass is 9.98. The predicted molar refractivity (Wildman–Crippen MR) is 99.3 cm³/mol. The zero-order valence-corrected chi connectivity index (χ0v) is 15.2. The molecule has 0 aliphatic heterocycles. The van der Waals surface area contributed by atoms with E-state index >= 15 is 0 Å². The highest BCUT2D eigenvalue weighted by Crippen LogP contribution is 2.27. The third kappa shape index (κ3) is 5.53. The number of rotatable bonds is 7. The van der Waals surface area contributed by atoms with Gasteiger partial charge in [-0.05, 0) is 36.1 Å². The van der Waals surface area contributed by atoms with E-state index in [-0.39, 0.29) is 11.7 Å². The number of hydrogen-bond acceptors (Lipinski definition) is 6. The van der Waals surface area contributed by atoms with Crippen molar-refractivity contribution >= 4 is 29.5 Å². The Balaban J connectivity index is 1.91. The van der Waals surface area contributed by atoms with Gasteiger partial charge in [0.15, 0.2) is 6.61 Å². The molecule has 8 heteroatoms. The lowest BCUT2D eigenvalue weighted by molar-refractivity contribution is -0.402. The number of nitrogens with one attached hydrogen (secondary N) is 1. The van der Waals surface area contributed by atoms with Crippen molar-refractivity contribution in [1.29, 1.82) is 0 Å². The molecule has 1 aromatic heterocycles. The number of esters is 1. The quantitative estimate of drug-likeness (QED) is 0.342. The molecule has 0 radical (unpaired) electrons. The number of carbonyl (C=O) groups excluding carboxylic acids is 2. The molecule has 1 amide bonds. The third-order valence-corrected chi connectivity index (χ3v) is 3.71. The van der Waals surface area contributed by atoms with Crippen LogP contribution in [0.3, 0.4) is 0 Å². The molecule has 0 unspecified atom stereocenters. The predicted octanol–water partition coefficient (Wildman–Crippen LogP) is 3.81. The summed E-state index contributed by atoms with van der Waals surface area (Å²) in [5, 5.41) is 13.3. The minimum Gasteiger partial charge on any atom is -0.452 e. The van der Waals surface area contributed by atoms with Crippen molar-refractivity contribution < 1.29 is 23.7 Å². The first-order valence-corrected chi connectivity index (χ1v) is 8.26. The summed E-state index contributed by atoms with van der Waals surface area (Å²) in [6, 6.07) is 8.26. The Morgan fingerprint density at radius 1 is 1.30 bits per heavy atom. The van der Waals surface area contributed by atoms with Crippen LogP contribution in [-0.2, 0) is 14.3 Å². The Morgan fingerprint density at radius 2 is 2.04 bits per heavy atom. The number of aryl methyl sites for hydroxylation is 1. The standard InChI is InChI=1S/C19H20N2O6/c1-12(2)15-6-4-5-13(3)19(15)20-16(22)11-26-18(23)10-8-14-7-9-17(27-14)21(24)25/h4-10,12H,11H2,1-3H3,(H,20,22)/b10-8+. The minimum atomic E-state index is -0.766. The molecule has 27 heavy (non-hydrogen) atoms. The first-order chi connectivity index (χ1) is 12.8. The molecule has 1 N–H and O–H groups in total. The Morgan fingerprint density at radius 3 is 2.67 bits per heavy atom. The molecule has 0 bridgehead atoms. The van der Waals surface area contributed by atoms with Gasteiger partial charge in [-0.1, -0.05) is 32.0 Å². The molecule has 0 atom stereocenters. The van der Waals surface area contributed by atoms with E-state index in [0.717, 1.165) is 17.2 Å². The van der Waals surface area contributed by atoms with Crippen LogP contribution in [0.2, 0.25) is 0 Å². The van der Waals surface area contributed by atoms with Gasteiger partial charge >= 0.3 is 11.9 Å². The smallest absolute Gasteiger partial charge is 0.433 e. The number of para-hydroxylation sites is 1. The van der Waals surface area contributed by atoms with Crippen LogP contribution in [0.1, 0.15) is 36.7 Å². The van der Waals surface area contributed by atoms with E-state index in [0.29, 0.717) is 5.69 Å². The molecule has 0 saturated heterocycles. The summed E-state index contributed by atoms with van der Waals surface area (Å²) in [5.41, 5.74) is 2.63. The molecule has 1 heterocycles. The molecular formula is C19H20N2O6. The molecule has 0 saturated carbocycles. The Bertz CT molecular complexity index is 882. The van der Waals surface area contributed by atoms with E-state index in [1.807, 2.05) is 39.0 Å². The van der Waals surface area contributed by atoms with E-state index in [4.69, 9.17) is 9.15 Å². The van der Waals surface area contributed by atoms with Gasteiger partial charge in [0.2, 0.25) is 0 Å². The van der Waals surface area contributed by atoms with E-state index in [1.165, 1.54) is 18.2 Å². The Kier molecular flexibility index (Phi) is 6.48. The molecular weight excluding hydrogens is 352 g/mol. The van der Waals surface area contributed by atoms with Gasteiger partial charge in [0.05, 0.1) is 6.07 Å². The number of benzene rings is 1. The average Bonchev–Trinajstić information content (AvgIpc) is 3.09. The zero-order valence-electron chi connectivity index (χ0n) is 15.2. The second-order valence-corrected chi connectivity index (χ2v) is 6.12. The highest BCUT2D eigenvalue weighted by Gasteiger charge is 2.13. The number of carbonyl (C=O) groups is 2. The largest absolute Gasteiger partial charge is 0.452 e. The van der Waals surface area contributed by atoms with Gasteiger partial charge in [0.25, 0.3) is 5.91 Å². The molecule has 142 valence electrons. The maximum absolute atomic E-state index is 12.1. The summed E-state index contributed by atoms with van der Waals surface area (Å²) < 4.78 is 9.75. The number of nitrogens with zero attached hydrogens (tertiary/aromatic N) is 1. The monoisotopic (exact) mass is 372 g/mol. The van der Waals surface area contributed by atoms with Gasteiger partial charge < -0.3 is 14.5 Å². The molecule has 1 aromatic carbocycles. The molecule has 2 rings (SSSR count). The first-order valence-electron chi connectivity index (χ1n) is 8.26. The lowest BCUT2D eigenvalue weighted by Crippen LogP contribution is -2.21. The first kappa shape index (κ1) is 19.9. The number of amides is 1. The second kappa shape index (κ2) is 8.79. The topological polar surface area (TPSA) is 112 Å². The van der Waals surface area contributed by atoms with Gasteiger partial charge in [0, 0.05) is 11.8 Å². The van der Waals surface area contributed by atoms with Crippen LogP contribution in [0.25, 0.3) is 6.08 Å². The van der Waals surface area contributed by atoms with Gasteiger partial charge in [-0.25, -0.2) is 4.79 Å². The number of furan rings is 1. The fourth-order valence-corrected chi connectivity index (χ4v) is 2.38. The molecule has 8 nitrogen and oxygen atoms in total. The molecule has 0 aliphatic rings. The molecule has 0 aliphatic carbocycles. The Hall–Kier alpha value is -3.42. The van der Waals surface area contributed by atoms with Crippen LogP contribution in [0.4, 0.5) is 11.6 Å². The SMILES string of the molecule is Cc1cccc(C(C)C)c1NC(=O)COC(=O)/C=C/c1ccc([N+](=O)[O-])o1. The van der Waals surface area contributed by atoms with Crippen LogP contribution >= 0.6 is 0 Å². The summed E-state index contributed by atoms with van der Waals surface area (Å²) in [5.74, 6) is -1.30. The fraction of sp³-hybridized carbons (Fsp3) is 0.263. The van der Waals surface area contributed by atoms with Crippen LogP contribution in [-0.4, -0.2) is 23.4 Å². The Labute approximate surface area is 156 Å². The van der Waals surface area contributed by atoms with Crippen LogP contribution < -0.4 is 5.32 Å². The number of nitro groups is 1.